The van der Waals surface area contributed by atoms with Crippen LogP contribution in [-0.2, 0) is 11.3 Å². The molecule has 0 radical (unpaired) electrons. The maximum Gasteiger partial charge on any atom is 0.236 e. The van der Waals surface area contributed by atoms with E-state index in [0.717, 1.165) is 30.0 Å². The van der Waals surface area contributed by atoms with Gasteiger partial charge in [0.2, 0.25) is 5.91 Å². The smallest absolute Gasteiger partial charge is 0.236 e. The maximum absolute atomic E-state index is 11.8. The molecule has 0 aliphatic heterocycles. The summed E-state index contributed by atoms with van der Waals surface area (Å²) in [5.41, 5.74) is 3.02. The molecule has 0 fully saturated rings. The van der Waals surface area contributed by atoms with Gasteiger partial charge in [-0.3, -0.25) is 4.79 Å². The molecule has 0 aliphatic carbocycles. The highest BCUT2D eigenvalue weighted by Crippen LogP contribution is 2.11. The lowest BCUT2D eigenvalue weighted by molar-refractivity contribution is -0.122. The highest BCUT2D eigenvalue weighted by atomic mass is 16.2. The van der Waals surface area contributed by atoms with E-state index in [1.807, 2.05) is 45.2 Å². The first-order chi connectivity index (χ1) is 9.63. The fourth-order valence-corrected chi connectivity index (χ4v) is 2.12. The summed E-state index contributed by atoms with van der Waals surface area (Å²) in [7, 11) is 0. The number of nitrogens with one attached hydrogen (secondary N) is 2. The molecule has 2 rings (SSSR count). The number of imidazole rings is 1. The van der Waals surface area contributed by atoms with Crippen LogP contribution in [0, 0.1) is 6.92 Å². The molecule has 108 valence electrons. The van der Waals surface area contributed by atoms with Crippen LogP contribution < -0.4 is 10.6 Å². The van der Waals surface area contributed by atoms with Gasteiger partial charge < -0.3 is 15.0 Å². The Morgan fingerprint density at radius 1 is 1.45 bits per heavy atom. The average Bonchev–Trinajstić information content (AvgIpc) is 2.77. The van der Waals surface area contributed by atoms with Gasteiger partial charge in [0.15, 0.2) is 0 Å². The second kappa shape index (κ2) is 6.52. The van der Waals surface area contributed by atoms with Gasteiger partial charge in [0, 0.05) is 19.3 Å². The molecule has 20 heavy (non-hydrogen) atoms. The second-order valence-electron chi connectivity index (χ2n) is 4.97. The molecular formula is C15H22N4O. The fraction of sp³-hybridized carbons (Fsp3) is 0.467. The van der Waals surface area contributed by atoms with Crippen LogP contribution in [0.25, 0.3) is 5.65 Å². The third-order valence-electron chi connectivity index (χ3n) is 3.35. The van der Waals surface area contributed by atoms with Crippen molar-refractivity contribution in [3.8, 4) is 0 Å². The molecule has 0 bridgehead atoms. The van der Waals surface area contributed by atoms with Crippen LogP contribution in [0.4, 0.5) is 0 Å². The standard InChI is InChI=1S/C15H22N4O/c1-4-8-16-15(20)12(3)17-10-13-11(2)18-14-7-5-6-9-19(13)14/h5-7,9,12,17H,4,8,10H2,1-3H3,(H,16,20). The third kappa shape index (κ3) is 3.17. The molecule has 2 aromatic rings. The Morgan fingerprint density at radius 3 is 3.00 bits per heavy atom. The minimum atomic E-state index is -0.213. The number of hydrogen-bond acceptors (Lipinski definition) is 3. The molecule has 2 heterocycles. The van der Waals surface area contributed by atoms with Crippen molar-refractivity contribution >= 4 is 11.6 Å². The highest BCUT2D eigenvalue weighted by Gasteiger charge is 2.13. The Morgan fingerprint density at radius 2 is 2.25 bits per heavy atom. The number of nitrogens with zero attached hydrogens (tertiary/aromatic N) is 2. The van der Waals surface area contributed by atoms with Crippen molar-refractivity contribution in [1.82, 2.24) is 20.0 Å². The van der Waals surface area contributed by atoms with Gasteiger partial charge >= 0.3 is 0 Å². The molecule has 2 aromatic heterocycles. The van der Waals surface area contributed by atoms with Gasteiger partial charge in [-0.2, -0.15) is 0 Å². The number of aromatic nitrogens is 2. The molecule has 1 amide bonds. The topological polar surface area (TPSA) is 58.4 Å². The number of hydrogen-bond donors (Lipinski definition) is 2. The minimum Gasteiger partial charge on any atom is -0.355 e. The van der Waals surface area contributed by atoms with Crippen molar-refractivity contribution in [3.05, 3.63) is 35.8 Å². The summed E-state index contributed by atoms with van der Waals surface area (Å²) in [6.45, 7) is 7.26. The van der Waals surface area contributed by atoms with Gasteiger partial charge in [-0.05, 0) is 32.4 Å². The van der Waals surface area contributed by atoms with Gasteiger partial charge in [-0.1, -0.05) is 13.0 Å². The predicted molar refractivity (Wildman–Crippen MR) is 79.5 cm³/mol. The van der Waals surface area contributed by atoms with Gasteiger partial charge in [-0.15, -0.1) is 0 Å². The molecule has 0 aliphatic rings. The van der Waals surface area contributed by atoms with E-state index >= 15 is 0 Å². The van der Waals surface area contributed by atoms with Crippen LogP contribution in [0.15, 0.2) is 24.4 Å². The monoisotopic (exact) mass is 274 g/mol. The summed E-state index contributed by atoms with van der Waals surface area (Å²) >= 11 is 0. The number of amides is 1. The first-order valence-corrected chi connectivity index (χ1v) is 7.07. The molecule has 0 aromatic carbocycles. The van der Waals surface area contributed by atoms with E-state index in [1.165, 1.54) is 0 Å². The summed E-state index contributed by atoms with van der Waals surface area (Å²) in [6.07, 6.45) is 2.94. The van der Waals surface area contributed by atoms with E-state index in [1.54, 1.807) is 0 Å². The van der Waals surface area contributed by atoms with E-state index in [-0.39, 0.29) is 11.9 Å². The lowest BCUT2D eigenvalue weighted by atomic mass is 10.2. The SMILES string of the molecule is CCCNC(=O)C(C)NCc1c(C)nc2ccccn12. The third-order valence-corrected chi connectivity index (χ3v) is 3.35. The number of fused-ring (bicyclic) bond motifs is 1. The zero-order valence-electron chi connectivity index (χ0n) is 12.3. The number of carbonyl (C=O) groups excluding carboxylic acids is 1. The second-order valence-corrected chi connectivity index (χ2v) is 4.97. The molecule has 5 nitrogen and oxygen atoms in total. The summed E-state index contributed by atoms with van der Waals surface area (Å²) < 4.78 is 2.05. The summed E-state index contributed by atoms with van der Waals surface area (Å²) in [5.74, 6) is 0.0401. The summed E-state index contributed by atoms with van der Waals surface area (Å²) in [4.78, 5) is 16.3. The van der Waals surface area contributed by atoms with E-state index < -0.39 is 0 Å². The number of rotatable bonds is 6. The molecular weight excluding hydrogens is 252 g/mol. The van der Waals surface area contributed by atoms with Crippen molar-refractivity contribution in [3.63, 3.8) is 0 Å². The number of carbonyl (C=O) groups is 1. The zero-order chi connectivity index (χ0) is 14.5. The molecule has 0 saturated carbocycles. The van der Waals surface area contributed by atoms with Gasteiger partial charge in [-0.25, -0.2) is 4.98 Å². The van der Waals surface area contributed by atoms with Crippen LogP contribution in [-0.4, -0.2) is 27.9 Å². The van der Waals surface area contributed by atoms with Crippen molar-refractivity contribution < 1.29 is 4.79 Å². The largest absolute Gasteiger partial charge is 0.355 e. The first-order valence-electron chi connectivity index (χ1n) is 7.07. The lowest BCUT2D eigenvalue weighted by Gasteiger charge is -2.14. The van der Waals surface area contributed by atoms with E-state index in [4.69, 9.17) is 0 Å². The van der Waals surface area contributed by atoms with Gasteiger partial charge in [0.25, 0.3) is 0 Å². The Bertz CT molecular complexity index is 591. The Hall–Kier alpha value is -1.88. The molecule has 0 spiro atoms. The fourth-order valence-electron chi connectivity index (χ4n) is 2.12. The van der Waals surface area contributed by atoms with Crippen LogP contribution in [0.3, 0.4) is 0 Å². The molecule has 2 N–H and O–H groups in total. The van der Waals surface area contributed by atoms with Crippen molar-refractivity contribution in [2.45, 2.75) is 39.8 Å². The minimum absolute atomic E-state index is 0.0401. The lowest BCUT2D eigenvalue weighted by Crippen LogP contribution is -2.42. The molecule has 1 unspecified atom stereocenters. The number of aryl methyl sites for hydroxylation is 1. The van der Waals surface area contributed by atoms with Crippen LogP contribution in [0.2, 0.25) is 0 Å². The van der Waals surface area contributed by atoms with Crippen LogP contribution in [0.1, 0.15) is 31.7 Å². The number of pyridine rings is 1. The van der Waals surface area contributed by atoms with E-state index in [9.17, 15) is 4.79 Å². The van der Waals surface area contributed by atoms with Crippen molar-refractivity contribution in [2.75, 3.05) is 6.54 Å². The van der Waals surface area contributed by atoms with Gasteiger partial charge in [0.1, 0.15) is 5.65 Å². The molecule has 5 heteroatoms. The van der Waals surface area contributed by atoms with Gasteiger partial charge in [0.05, 0.1) is 17.4 Å². The van der Waals surface area contributed by atoms with Crippen LogP contribution in [0.5, 0.6) is 0 Å². The molecule has 1 atom stereocenters. The van der Waals surface area contributed by atoms with Crippen molar-refractivity contribution in [2.24, 2.45) is 0 Å². The molecule has 0 saturated heterocycles. The quantitative estimate of drug-likeness (QED) is 0.842. The predicted octanol–water partition coefficient (Wildman–Crippen LogP) is 1.65. The Kier molecular flexibility index (Phi) is 4.74. The normalized spacial score (nSPS) is 12.6. The zero-order valence-corrected chi connectivity index (χ0v) is 12.3. The van der Waals surface area contributed by atoms with Crippen LogP contribution >= 0.6 is 0 Å². The highest BCUT2D eigenvalue weighted by molar-refractivity contribution is 5.81. The van der Waals surface area contributed by atoms with Crippen molar-refractivity contribution in [1.29, 1.82) is 0 Å². The van der Waals surface area contributed by atoms with E-state index in [2.05, 4.69) is 20.0 Å². The summed E-state index contributed by atoms with van der Waals surface area (Å²) in [5, 5.41) is 6.14. The average molecular weight is 274 g/mol. The first kappa shape index (κ1) is 14.5. The Balaban J connectivity index is 2.02. The summed E-state index contributed by atoms with van der Waals surface area (Å²) in [6, 6.07) is 5.72. The maximum atomic E-state index is 11.8. The Labute approximate surface area is 119 Å². The van der Waals surface area contributed by atoms with E-state index in [0.29, 0.717) is 6.54 Å².